The van der Waals surface area contributed by atoms with E-state index < -0.39 is 0 Å². The summed E-state index contributed by atoms with van der Waals surface area (Å²) >= 11 is 0. The van der Waals surface area contributed by atoms with Crippen LogP contribution < -0.4 is 11.1 Å². The highest BCUT2D eigenvalue weighted by molar-refractivity contribution is 5.98. The third-order valence-corrected chi connectivity index (χ3v) is 5.06. The standard InChI is InChI=1S/C16H22FN3O/c17-14-4-3-12(15(7-14)16(18)20-21)8-19-9-13-6-10-1-2-11(13)5-10/h3-4,7,10-11,13,19,21H,1-2,5-6,8-9H2,(H2,18,20). The van der Waals surface area contributed by atoms with Crippen LogP contribution in [-0.2, 0) is 6.54 Å². The average Bonchev–Trinajstić information content (AvgIpc) is 3.10. The lowest BCUT2D eigenvalue weighted by Crippen LogP contribution is -2.27. The van der Waals surface area contributed by atoms with Gasteiger partial charge in [0.2, 0.25) is 0 Å². The van der Waals surface area contributed by atoms with Gasteiger partial charge in [0.25, 0.3) is 0 Å². The van der Waals surface area contributed by atoms with Crippen molar-refractivity contribution in [3.05, 3.63) is 35.1 Å². The summed E-state index contributed by atoms with van der Waals surface area (Å²) in [5.41, 5.74) is 6.93. The molecule has 2 aliphatic carbocycles. The number of nitrogens with one attached hydrogen (secondary N) is 1. The van der Waals surface area contributed by atoms with Crippen molar-refractivity contribution < 1.29 is 9.60 Å². The van der Waals surface area contributed by atoms with Crippen LogP contribution in [0.1, 0.15) is 36.8 Å². The molecule has 2 bridgehead atoms. The number of halogens is 1. The number of nitrogens with two attached hydrogens (primary N) is 1. The van der Waals surface area contributed by atoms with Crippen molar-refractivity contribution in [2.24, 2.45) is 28.6 Å². The second-order valence-corrected chi connectivity index (χ2v) is 6.35. The van der Waals surface area contributed by atoms with Gasteiger partial charge in [0.1, 0.15) is 5.82 Å². The Hall–Kier alpha value is -1.62. The molecule has 0 saturated heterocycles. The SMILES string of the molecule is NC(=NO)c1cc(F)ccc1CNCC1CC2CCC1C2. The first-order valence-corrected chi connectivity index (χ1v) is 7.64. The van der Waals surface area contributed by atoms with Crippen molar-refractivity contribution >= 4 is 5.84 Å². The minimum absolute atomic E-state index is 0.0498. The molecular weight excluding hydrogens is 269 g/mol. The zero-order valence-corrected chi connectivity index (χ0v) is 12.1. The minimum atomic E-state index is -0.381. The second kappa shape index (κ2) is 6.02. The third kappa shape index (κ3) is 3.02. The van der Waals surface area contributed by atoms with Crippen LogP contribution in [0.3, 0.4) is 0 Å². The molecule has 4 N–H and O–H groups in total. The molecule has 2 fully saturated rings. The molecule has 21 heavy (non-hydrogen) atoms. The first kappa shape index (κ1) is 14.3. The van der Waals surface area contributed by atoms with Gasteiger partial charge in [-0.2, -0.15) is 0 Å². The molecule has 0 radical (unpaired) electrons. The van der Waals surface area contributed by atoms with Crippen molar-refractivity contribution in [3.63, 3.8) is 0 Å². The highest BCUT2D eigenvalue weighted by Gasteiger charge is 2.38. The Morgan fingerprint density at radius 1 is 1.38 bits per heavy atom. The van der Waals surface area contributed by atoms with Crippen molar-refractivity contribution in [3.8, 4) is 0 Å². The predicted molar refractivity (Wildman–Crippen MR) is 79.6 cm³/mol. The van der Waals surface area contributed by atoms with Crippen molar-refractivity contribution in [1.82, 2.24) is 5.32 Å². The summed E-state index contributed by atoms with van der Waals surface area (Å²) in [6.07, 6.45) is 5.53. The monoisotopic (exact) mass is 291 g/mol. The summed E-state index contributed by atoms with van der Waals surface area (Å²) in [7, 11) is 0. The summed E-state index contributed by atoms with van der Waals surface area (Å²) in [6, 6.07) is 4.41. The lowest BCUT2D eigenvalue weighted by molar-refractivity contribution is 0.317. The summed E-state index contributed by atoms with van der Waals surface area (Å²) in [5.74, 6) is 2.18. The van der Waals surface area contributed by atoms with Crippen molar-refractivity contribution in [2.45, 2.75) is 32.2 Å². The quantitative estimate of drug-likeness (QED) is 0.338. The van der Waals surface area contributed by atoms with E-state index in [0.717, 1.165) is 29.9 Å². The lowest BCUT2D eigenvalue weighted by atomic mass is 9.89. The molecule has 3 rings (SSSR count). The molecule has 1 aromatic carbocycles. The summed E-state index contributed by atoms with van der Waals surface area (Å²) in [6.45, 7) is 1.61. The minimum Gasteiger partial charge on any atom is -0.409 e. The molecule has 4 nitrogen and oxygen atoms in total. The van der Waals surface area contributed by atoms with E-state index in [-0.39, 0.29) is 11.7 Å². The highest BCUT2D eigenvalue weighted by Crippen LogP contribution is 2.47. The molecule has 114 valence electrons. The Balaban J connectivity index is 1.60. The molecule has 0 amide bonds. The maximum Gasteiger partial charge on any atom is 0.170 e. The molecule has 2 aliphatic rings. The van der Waals surface area contributed by atoms with Crippen LogP contribution in [0, 0.1) is 23.6 Å². The van der Waals surface area contributed by atoms with Gasteiger partial charge in [0, 0.05) is 12.1 Å². The van der Waals surface area contributed by atoms with E-state index >= 15 is 0 Å². The van der Waals surface area contributed by atoms with E-state index in [1.165, 1.54) is 37.8 Å². The number of amidine groups is 1. The van der Waals surface area contributed by atoms with Crippen LogP contribution in [0.2, 0.25) is 0 Å². The van der Waals surface area contributed by atoms with Gasteiger partial charge in [-0.25, -0.2) is 4.39 Å². The largest absolute Gasteiger partial charge is 0.409 e. The predicted octanol–water partition coefficient (Wildman–Crippen LogP) is 2.45. The normalized spacial score (nSPS) is 28.2. The lowest BCUT2D eigenvalue weighted by Gasteiger charge is -2.22. The van der Waals surface area contributed by atoms with Gasteiger partial charge >= 0.3 is 0 Å². The number of oxime groups is 1. The molecule has 5 heteroatoms. The maximum absolute atomic E-state index is 13.3. The Labute approximate surface area is 124 Å². The first-order chi connectivity index (χ1) is 10.2. The average molecular weight is 291 g/mol. The number of rotatable bonds is 5. The fourth-order valence-electron chi connectivity index (χ4n) is 4.01. The van der Waals surface area contributed by atoms with Crippen LogP contribution >= 0.6 is 0 Å². The van der Waals surface area contributed by atoms with E-state index in [4.69, 9.17) is 10.9 Å². The Bertz CT molecular complexity index is 546. The molecule has 3 atom stereocenters. The molecule has 0 heterocycles. The number of hydrogen-bond donors (Lipinski definition) is 3. The molecule has 2 saturated carbocycles. The van der Waals surface area contributed by atoms with Gasteiger partial charge in [-0.1, -0.05) is 17.6 Å². The topological polar surface area (TPSA) is 70.6 Å². The summed E-state index contributed by atoms with van der Waals surface area (Å²) < 4.78 is 13.3. The summed E-state index contributed by atoms with van der Waals surface area (Å²) in [5, 5.41) is 15.2. The smallest absolute Gasteiger partial charge is 0.170 e. The van der Waals surface area contributed by atoms with Crippen LogP contribution in [0.25, 0.3) is 0 Å². The molecule has 0 aliphatic heterocycles. The first-order valence-electron chi connectivity index (χ1n) is 7.64. The van der Waals surface area contributed by atoms with E-state index in [1.54, 1.807) is 6.07 Å². The number of hydrogen-bond acceptors (Lipinski definition) is 3. The van der Waals surface area contributed by atoms with Gasteiger partial charge in [0.05, 0.1) is 0 Å². The number of nitrogens with zero attached hydrogens (tertiary/aromatic N) is 1. The molecule has 0 aromatic heterocycles. The molecule has 1 aromatic rings. The van der Waals surface area contributed by atoms with Crippen LogP contribution in [-0.4, -0.2) is 17.6 Å². The van der Waals surface area contributed by atoms with Crippen molar-refractivity contribution in [1.29, 1.82) is 0 Å². The van der Waals surface area contributed by atoms with Crippen LogP contribution in [0.5, 0.6) is 0 Å². The summed E-state index contributed by atoms with van der Waals surface area (Å²) in [4.78, 5) is 0. The molecule has 0 spiro atoms. The maximum atomic E-state index is 13.3. The third-order valence-electron chi connectivity index (χ3n) is 5.06. The van der Waals surface area contributed by atoms with Gasteiger partial charge in [-0.3, -0.25) is 0 Å². The van der Waals surface area contributed by atoms with Gasteiger partial charge in [0.15, 0.2) is 5.84 Å². The highest BCUT2D eigenvalue weighted by atomic mass is 19.1. The number of benzene rings is 1. The van der Waals surface area contributed by atoms with Crippen LogP contribution in [0.15, 0.2) is 23.4 Å². The van der Waals surface area contributed by atoms with Gasteiger partial charge < -0.3 is 16.3 Å². The zero-order valence-electron chi connectivity index (χ0n) is 12.1. The van der Waals surface area contributed by atoms with E-state index in [2.05, 4.69) is 10.5 Å². The fraction of sp³-hybridized carbons (Fsp3) is 0.562. The molecule has 3 unspecified atom stereocenters. The Morgan fingerprint density at radius 2 is 2.24 bits per heavy atom. The van der Waals surface area contributed by atoms with E-state index in [0.29, 0.717) is 12.1 Å². The second-order valence-electron chi connectivity index (χ2n) is 6.35. The van der Waals surface area contributed by atoms with E-state index in [1.807, 2.05) is 0 Å². The van der Waals surface area contributed by atoms with E-state index in [9.17, 15) is 4.39 Å². The number of fused-ring (bicyclic) bond motifs is 2. The Morgan fingerprint density at radius 3 is 2.90 bits per heavy atom. The van der Waals surface area contributed by atoms with Gasteiger partial charge in [-0.05, 0) is 61.3 Å². The fourth-order valence-corrected chi connectivity index (χ4v) is 4.01. The van der Waals surface area contributed by atoms with Gasteiger partial charge in [-0.15, -0.1) is 0 Å². The van der Waals surface area contributed by atoms with Crippen LogP contribution in [0.4, 0.5) is 4.39 Å². The van der Waals surface area contributed by atoms with Crippen molar-refractivity contribution in [2.75, 3.05) is 6.54 Å². The zero-order chi connectivity index (χ0) is 14.8. The molecular formula is C16H22FN3O. The Kier molecular flexibility index (Phi) is 4.10.